The molecule has 2 aromatic heterocycles. The molecule has 10 aromatic rings. The largest absolute Gasteiger partial charge is 0.454 e. The first-order valence-corrected chi connectivity index (χ1v) is 15.1. The Hall–Kier alpha value is -5.86. The molecule has 0 N–H and O–H groups in total. The number of aromatic nitrogens is 1. The first kappa shape index (κ1) is 23.7. The van der Waals surface area contributed by atoms with Gasteiger partial charge >= 0.3 is 0 Å². The molecule has 10 rings (SSSR count). The number of nitrogens with zero attached hydrogens (tertiary/aromatic N) is 1. The minimum absolute atomic E-state index is 0.907. The van der Waals surface area contributed by atoms with E-state index >= 15 is 0 Å². The van der Waals surface area contributed by atoms with Gasteiger partial charge in [-0.1, -0.05) is 127 Å². The van der Waals surface area contributed by atoms with Crippen LogP contribution in [0.4, 0.5) is 0 Å². The van der Waals surface area contributed by atoms with Gasteiger partial charge in [0.15, 0.2) is 5.58 Å². The molecule has 0 aliphatic heterocycles. The molecule has 0 aliphatic carbocycles. The standard InChI is InChI=1S/C42H25NO/c1-2-12-26(13-3-1)27-22-24-28(25-23-27)43-35-20-10-8-18-33(35)39-37-31-16-6-4-14-29(31)30-15-5-7-17-32(30)38(37)40-34-19-9-11-21-36(34)44-42(40)41(39)43/h1-25H. The van der Waals surface area contributed by atoms with Crippen LogP contribution in [0.15, 0.2) is 156 Å². The molecule has 0 unspecified atom stereocenters. The van der Waals surface area contributed by atoms with E-state index in [-0.39, 0.29) is 0 Å². The van der Waals surface area contributed by atoms with Gasteiger partial charge in [-0.2, -0.15) is 0 Å². The number of para-hydroxylation sites is 2. The van der Waals surface area contributed by atoms with E-state index in [4.69, 9.17) is 4.42 Å². The fourth-order valence-electron chi connectivity index (χ4n) is 7.53. The lowest BCUT2D eigenvalue weighted by molar-refractivity contribution is 0.671. The van der Waals surface area contributed by atoms with Crippen LogP contribution in [-0.2, 0) is 0 Å². The van der Waals surface area contributed by atoms with E-state index in [0.29, 0.717) is 0 Å². The number of fused-ring (bicyclic) bond motifs is 15. The summed E-state index contributed by atoms with van der Waals surface area (Å²) >= 11 is 0. The van der Waals surface area contributed by atoms with E-state index in [1.54, 1.807) is 0 Å². The molecule has 0 radical (unpaired) electrons. The Morgan fingerprint density at radius 3 is 1.59 bits per heavy atom. The van der Waals surface area contributed by atoms with Crippen LogP contribution in [-0.4, -0.2) is 4.57 Å². The van der Waals surface area contributed by atoms with Crippen molar-refractivity contribution in [3.63, 3.8) is 0 Å². The zero-order valence-corrected chi connectivity index (χ0v) is 23.8. The van der Waals surface area contributed by atoms with Crippen molar-refractivity contribution >= 4 is 76.1 Å². The molecule has 0 amide bonds. The molecule has 204 valence electrons. The second-order valence-corrected chi connectivity index (χ2v) is 11.6. The van der Waals surface area contributed by atoms with Crippen LogP contribution in [0.5, 0.6) is 0 Å². The number of hydrogen-bond acceptors (Lipinski definition) is 1. The number of furan rings is 1. The third-order valence-electron chi connectivity index (χ3n) is 9.35. The Kier molecular flexibility index (Phi) is 4.75. The van der Waals surface area contributed by atoms with Gasteiger partial charge in [0.25, 0.3) is 0 Å². The van der Waals surface area contributed by atoms with E-state index in [2.05, 4.69) is 156 Å². The number of hydrogen-bond donors (Lipinski definition) is 0. The second kappa shape index (κ2) is 8.82. The van der Waals surface area contributed by atoms with Crippen molar-refractivity contribution in [1.82, 2.24) is 4.57 Å². The quantitative estimate of drug-likeness (QED) is 0.193. The van der Waals surface area contributed by atoms with E-state index in [0.717, 1.165) is 27.8 Å². The van der Waals surface area contributed by atoms with Crippen molar-refractivity contribution in [2.45, 2.75) is 0 Å². The van der Waals surface area contributed by atoms with Crippen LogP contribution < -0.4 is 0 Å². The monoisotopic (exact) mass is 559 g/mol. The molecule has 0 atom stereocenters. The Bertz CT molecular complexity index is 2750. The van der Waals surface area contributed by atoms with Crippen LogP contribution in [0.1, 0.15) is 0 Å². The summed E-state index contributed by atoms with van der Waals surface area (Å²) in [7, 11) is 0. The molecular weight excluding hydrogens is 534 g/mol. The van der Waals surface area contributed by atoms with Gasteiger partial charge in [-0.15, -0.1) is 0 Å². The van der Waals surface area contributed by atoms with E-state index in [1.807, 2.05) is 0 Å². The van der Waals surface area contributed by atoms with Crippen molar-refractivity contribution in [3.8, 4) is 16.8 Å². The summed E-state index contributed by atoms with van der Waals surface area (Å²) in [6.07, 6.45) is 0. The van der Waals surface area contributed by atoms with Gasteiger partial charge in [-0.25, -0.2) is 0 Å². The third kappa shape index (κ3) is 3.09. The summed E-state index contributed by atoms with van der Waals surface area (Å²) in [5.74, 6) is 0. The predicted molar refractivity (Wildman–Crippen MR) is 186 cm³/mol. The Morgan fingerprint density at radius 1 is 0.364 bits per heavy atom. The van der Waals surface area contributed by atoms with Gasteiger partial charge in [0.1, 0.15) is 5.58 Å². The van der Waals surface area contributed by atoms with Gasteiger partial charge in [0.05, 0.1) is 11.0 Å². The van der Waals surface area contributed by atoms with Crippen LogP contribution in [0, 0.1) is 0 Å². The normalized spacial score (nSPS) is 12.1. The smallest absolute Gasteiger partial charge is 0.160 e. The molecule has 0 bridgehead atoms. The Labute approximate surface area is 253 Å². The summed E-state index contributed by atoms with van der Waals surface area (Å²) < 4.78 is 9.31. The molecule has 0 saturated carbocycles. The van der Waals surface area contributed by atoms with Crippen molar-refractivity contribution < 1.29 is 4.42 Å². The maximum absolute atomic E-state index is 6.90. The highest BCUT2D eigenvalue weighted by Gasteiger charge is 2.25. The topological polar surface area (TPSA) is 18.1 Å². The van der Waals surface area contributed by atoms with Gasteiger partial charge < -0.3 is 8.98 Å². The minimum atomic E-state index is 0.907. The van der Waals surface area contributed by atoms with Crippen LogP contribution in [0.2, 0.25) is 0 Å². The van der Waals surface area contributed by atoms with E-state index in [9.17, 15) is 0 Å². The average molecular weight is 560 g/mol. The molecular formula is C42H25NO. The summed E-state index contributed by atoms with van der Waals surface area (Å²) in [5, 5.41) is 12.4. The third-order valence-corrected chi connectivity index (χ3v) is 9.35. The Balaban J connectivity index is 1.48. The Morgan fingerprint density at radius 2 is 0.886 bits per heavy atom. The molecule has 2 heteroatoms. The molecule has 8 aromatic carbocycles. The summed E-state index contributed by atoms with van der Waals surface area (Å²) in [6, 6.07) is 54.5. The number of rotatable bonds is 2. The zero-order valence-electron chi connectivity index (χ0n) is 23.8. The molecule has 0 fully saturated rings. The second-order valence-electron chi connectivity index (χ2n) is 11.6. The maximum atomic E-state index is 6.90. The predicted octanol–water partition coefficient (Wildman–Crippen LogP) is 11.8. The van der Waals surface area contributed by atoms with Crippen LogP contribution in [0.25, 0.3) is 92.9 Å². The van der Waals surface area contributed by atoms with Gasteiger partial charge in [-0.05, 0) is 56.9 Å². The minimum Gasteiger partial charge on any atom is -0.454 e. The lowest BCUT2D eigenvalue weighted by Gasteiger charge is -2.14. The van der Waals surface area contributed by atoms with Crippen molar-refractivity contribution in [2.75, 3.05) is 0 Å². The fraction of sp³-hybridized carbons (Fsp3) is 0. The lowest BCUT2D eigenvalue weighted by Crippen LogP contribution is -1.95. The lowest BCUT2D eigenvalue weighted by atomic mass is 9.89. The first-order chi connectivity index (χ1) is 21.9. The average Bonchev–Trinajstić information content (AvgIpc) is 3.65. The zero-order chi connectivity index (χ0) is 28.8. The molecule has 0 spiro atoms. The summed E-state index contributed by atoms with van der Waals surface area (Å²) in [5.41, 5.74) is 7.64. The van der Waals surface area contributed by atoms with Gasteiger partial charge in [0, 0.05) is 38.0 Å². The molecule has 0 saturated heterocycles. The van der Waals surface area contributed by atoms with Crippen LogP contribution >= 0.6 is 0 Å². The highest BCUT2D eigenvalue weighted by molar-refractivity contribution is 6.44. The van der Waals surface area contributed by atoms with Gasteiger partial charge in [0.2, 0.25) is 0 Å². The SMILES string of the molecule is c1ccc(-c2ccc(-n3c4ccccc4c4c5c6ccccc6c6ccccc6c5c5c6ccccc6oc5c43)cc2)cc1. The molecule has 0 aliphatic rings. The van der Waals surface area contributed by atoms with E-state index < -0.39 is 0 Å². The molecule has 2 nitrogen and oxygen atoms in total. The van der Waals surface area contributed by atoms with Crippen LogP contribution in [0.3, 0.4) is 0 Å². The fourth-order valence-corrected chi connectivity index (χ4v) is 7.53. The number of benzene rings is 8. The van der Waals surface area contributed by atoms with Crippen molar-refractivity contribution in [2.24, 2.45) is 0 Å². The van der Waals surface area contributed by atoms with Crippen molar-refractivity contribution in [3.05, 3.63) is 152 Å². The molecule has 44 heavy (non-hydrogen) atoms. The first-order valence-electron chi connectivity index (χ1n) is 15.1. The maximum Gasteiger partial charge on any atom is 0.160 e. The summed E-state index contributed by atoms with van der Waals surface area (Å²) in [4.78, 5) is 0. The van der Waals surface area contributed by atoms with E-state index in [1.165, 1.54) is 65.1 Å². The highest BCUT2D eigenvalue weighted by atomic mass is 16.3. The summed E-state index contributed by atoms with van der Waals surface area (Å²) in [6.45, 7) is 0. The van der Waals surface area contributed by atoms with Gasteiger partial charge in [-0.3, -0.25) is 0 Å². The van der Waals surface area contributed by atoms with Crippen molar-refractivity contribution in [1.29, 1.82) is 0 Å². The highest BCUT2D eigenvalue weighted by Crippen LogP contribution is 2.50. The molecule has 2 heterocycles.